The van der Waals surface area contributed by atoms with Gasteiger partial charge in [-0.3, -0.25) is 14.8 Å². The molecule has 18 heavy (non-hydrogen) atoms. The van der Waals surface area contributed by atoms with Crippen molar-refractivity contribution in [2.45, 2.75) is 0 Å². The summed E-state index contributed by atoms with van der Waals surface area (Å²) in [6.07, 6.45) is 3.34. The van der Waals surface area contributed by atoms with Gasteiger partial charge in [-0.1, -0.05) is 0 Å². The first-order valence-corrected chi connectivity index (χ1v) is 5.54. The standard InChI is InChI=1S/C12H14N4O2/c1-18-6-5-14-12-15-10(7-11(17)16-12)9-3-2-4-13-8-9/h2-4,7-8H,5-6H2,1H3,(H2,14,15,16,17). The maximum absolute atomic E-state index is 11.5. The van der Waals surface area contributed by atoms with E-state index in [9.17, 15) is 4.79 Å². The van der Waals surface area contributed by atoms with Crippen LogP contribution in [0, 0.1) is 0 Å². The Morgan fingerprint density at radius 2 is 2.39 bits per heavy atom. The predicted molar refractivity (Wildman–Crippen MR) is 68.5 cm³/mol. The molecule has 0 aromatic carbocycles. The van der Waals surface area contributed by atoms with Crippen molar-refractivity contribution in [1.82, 2.24) is 15.0 Å². The van der Waals surface area contributed by atoms with Crippen LogP contribution in [0.2, 0.25) is 0 Å². The summed E-state index contributed by atoms with van der Waals surface area (Å²) in [4.78, 5) is 22.5. The average molecular weight is 246 g/mol. The summed E-state index contributed by atoms with van der Waals surface area (Å²) >= 11 is 0. The number of methoxy groups -OCH3 is 1. The smallest absolute Gasteiger partial charge is 0.252 e. The zero-order valence-electron chi connectivity index (χ0n) is 10.0. The van der Waals surface area contributed by atoms with Crippen LogP contribution in [-0.4, -0.2) is 35.2 Å². The molecule has 0 unspecified atom stereocenters. The molecule has 94 valence electrons. The molecule has 2 aromatic heterocycles. The van der Waals surface area contributed by atoms with Gasteiger partial charge in [0.05, 0.1) is 12.3 Å². The number of H-pyrrole nitrogens is 1. The molecule has 2 aromatic rings. The Labute approximate surface area is 104 Å². The van der Waals surface area contributed by atoms with Gasteiger partial charge in [0.15, 0.2) is 0 Å². The van der Waals surface area contributed by atoms with Gasteiger partial charge in [-0.05, 0) is 12.1 Å². The van der Waals surface area contributed by atoms with Crippen molar-refractivity contribution in [3.8, 4) is 11.3 Å². The second kappa shape index (κ2) is 5.92. The molecule has 0 aliphatic rings. The SMILES string of the molecule is COCCNc1nc(-c2cccnc2)cc(=O)[nH]1. The molecule has 2 heterocycles. The van der Waals surface area contributed by atoms with Gasteiger partial charge in [0.1, 0.15) is 0 Å². The summed E-state index contributed by atoms with van der Waals surface area (Å²) in [5.41, 5.74) is 1.19. The number of aromatic amines is 1. The van der Waals surface area contributed by atoms with Gasteiger partial charge in [0.25, 0.3) is 5.56 Å². The maximum atomic E-state index is 11.5. The highest BCUT2D eigenvalue weighted by Gasteiger charge is 2.03. The second-order valence-corrected chi connectivity index (χ2v) is 3.64. The Balaban J connectivity index is 2.24. The van der Waals surface area contributed by atoms with Gasteiger partial charge >= 0.3 is 0 Å². The number of aromatic nitrogens is 3. The van der Waals surface area contributed by atoms with E-state index in [4.69, 9.17) is 4.74 Å². The molecule has 6 nitrogen and oxygen atoms in total. The summed E-state index contributed by atoms with van der Waals surface area (Å²) in [6, 6.07) is 5.10. The van der Waals surface area contributed by atoms with E-state index in [1.165, 1.54) is 6.07 Å². The fourth-order valence-corrected chi connectivity index (χ4v) is 1.48. The number of hydrogen-bond donors (Lipinski definition) is 2. The van der Waals surface area contributed by atoms with Gasteiger partial charge in [0, 0.05) is 37.7 Å². The number of rotatable bonds is 5. The van der Waals surface area contributed by atoms with Crippen LogP contribution in [0.5, 0.6) is 0 Å². The number of pyridine rings is 1. The van der Waals surface area contributed by atoms with Crippen molar-refractivity contribution in [3.05, 3.63) is 40.9 Å². The first kappa shape index (κ1) is 12.3. The third kappa shape index (κ3) is 3.14. The second-order valence-electron chi connectivity index (χ2n) is 3.64. The van der Waals surface area contributed by atoms with Crippen LogP contribution < -0.4 is 10.9 Å². The lowest BCUT2D eigenvalue weighted by molar-refractivity contribution is 0.210. The third-order valence-electron chi connectivity index (χ3n) is 2.30. The van der Waals surface area contributed by atoms with Crippen molar-refractivity contribution >= 4 is 5.95 Å². The van der Waals surface area contributed by atoms with Crippen molar-refractivity contribution in [3.63, 3.8) is 0 Å². The molecule has 0 radical (unpaired) electrons. The minimum atomic E-state index is -0.205. The van der Waals surface area contributed by atoms with E-state index >= 15 is 0 Å². The molecule has 2 N–H and O–H groups in total. The zero-order chi connectivity index (χ0) is 12.8. The molecule has 0 amide bonds. The lowest BCUT2D eigenvalue weighted by Crippen LogP contribution is -2.15. The Kier molecular flexibility index (Phi) is 4.03. The minimum Gasteiger partial charge on any atom is -0.383 e. The lowest BCUT2D eigenvalue weighted by Gasteiger charge is -2.06. The van der Waals surface area contributed by atoms with Gasteiger partial charge in [0.2, 0.25) is 5.95 Å². The third-order valence-corrected chi connectivity index (χ3v) is 2.30. The molecule has 0 aliphatic heterocycles. The first-order valence-electron chi connectivity index (χ1n) is 5.54. The molecular weight excluding hydrogens is 232 g/mol. The van der Waals surface area contributed by atoms with Crippen molar-refractivity contribution < 1.29 is 4.74 Å². The van der Waals surface area contributed by atoms with Crippen LogP contribution in [0.25, 0.3) is 11.3 Å². The monoisotopic (exact) mass is 246 g/mol. The van der Waals surface area contributed by atoms with Crippen LogP contribution >= 0.6 is 0 Å². The Morgan fingerprint density at radius 3 is 3.11 bits per heavy atom. The number of ether oxygens (including phenoxy) is 1. The Hall–Kier alpha value is -2.21. The number of nitrogens with zero attached hydrogens (tertiary/aromatic N) is 2. The summed E-state index contributed by atoms with van der Waals surface area (Å²) in [5.74, 6) is 0.429. The molecule has 6 heteroatoms. The van der Waals surface area contributed by atoms with E-state index < -0.39 is 0 Å². The summed E-state index contributed by atoms with van der Waals surface area (Å²) in [5, 5.41) is 2.98. The molecule has 0 fully saturated rings. The van der Waals surface area contributed by atoms with Gasteiger partial charge in [-0.2, -0.15) is 0 Å². The van der Waals surface area contributed by atoms with Gasteiger partial charge in [-0.25, -0.2) is 4.98 Å². The molecule has 0 spiro atoms. The van der Waals surface area contributed by atoms with E-state index in [2.05, 4.69) is 20.3 Å². The average Bonchev–Trinajstić information content (AvgIpc) is 2.39. The number of nitrogens with one attached hydrogen (secondary N) is 2. The molecular formula is C12H14N4O2. The van der Waals surface area contributed by atoms with E-state index in [1.807, 2.05) is 6.07 Å². The maximum Gasteiger partial charge on any atom is 0.252 e. The van der Waals surface area contributed by atoms with E-state index in [1.54, 1.807) is 25.6 Å². The molecule has 0 saturated carbocycles. The van der Waals surface area contributed by atoms with Crippen LogP contribution in [0.3, 0.4) is 0 Å². The summed E-state index contributed by atoms with van der Waals surface area (Å²) in [7, 11) is 1.61. The molecule has 0 atom stereocenters. The topological polar surface area (TPSA) is 79.9 Å². The lowest BCUT2D eigenvalue weighted by atomic mass is 10.2. The van der Waals surface area contributed by atoms with Crippen LogP contribution in [0.4, 0.5) is 5.95 Å². The summed E-state index contributed by atoms with van der Waals surface area (Å²) in [6.45, 7) is 1.12. The normalized spacial score (nSPS) is 10.3. The molecule has 0 bridgehead atoms. The quantitative estimate of drug-likeness (QED) is 0.766. The van der Waals surface area contributed by atoms with Crippen molar-refractivity contribution in [2.24, 2.45) is 0 Å². The molecule has 2 rings (SSSR count). The molecule has 0 aliphatic carbocycles. The van der Waals surface area contributed by atoms with Gasteiger partial charge < -0.3 is 10.1 Å². The number of hydrogen-bond acceptors (Lipinski definition) is 5. The first-order chi connectivity index (χ1) is 8.79. The highest BCUT2D eigenvalue weighted by atomic mass is 16.5. The Morgan fingerprint density at radius 1 is 1.50 bits per heavy atom. The van der Waals surface area contributed by atoms with Crippen LogP contribution in [0.1, 0.15) is 0 Å². The molecule has 0 saturated heterocycles. The van der Waals surface area contributed by atoms with Crippen molar-refractivity contribution in [2.75, 3.05) is 25.6 Å². The summed E-state index contributed by atoms with van der Waals surface area (Å²) < 4.78 is 4.92. The Bertz CT molecular complexity index is 554. The van der Waals surface area contributed by atoms with Gasteiger partial charge in [-0.15, -0.1) is 0 Å². The van der Waals surface area contributed by atoms with E-state index in [0.717, 1.165) is 5.56 Å². The minimum absolute atomic E-state index is 0.205. The predicted octanol–water partition coefficient (Wildman–Crippen LogP) is 0.890. The fourth-order valence-electron chi connectivity index (χ4n) is 1.48. The van der Waals surface area contributed by atoms with E-state index in [-0.39, 0.29) is 5.56 Å². The van der Waals surface area contributed by atoms with Crippen LogP contribution in [0.15, 0.2) is 35.4 Å². The fraction of sp³-hybridized carbons (Fsp3) is 0.250. The largest absolute Gasteiger partial charge is 0.383 e. The number of anilines is 1. The highest BCUT2D eigenvalue weighted by molar-refractivity contribution is 5.58. The zero-order valence-corrected chi connectivity index (χ0v) is 10.0. The van der Waals surface area contributed by atoms with Crippen LogP contribution in [-0.2, 0) is 4.74 Å². The van der Waals surface area contributed by atoms with Crippen molar-refractivity contribution in [1.29, 1.82) is 0 Å². The van der Waals surface area contributed by atoms with E-state index in [0.29, 0.717) is 24.8 Å². The highest BCUT2D eigenvalue weighted by Crippen LogP contribution is 2.13.